The predicted molar refractivity (Wildman–Crippen MR) is 112 cm³/mol. The Morgan fingerprint density at radius 2 is 1.69 bits per heavy atom. The molecule has 29 heavy (non-hydrogen) atoms. The van der Waals surface area contributed by atoms with E-state index in [0.717, 1.165) is 48.6 Å². The molecule has 3 aliphatic rings. The third-order valence-corrected chi connectivity index (χ3v) is 6.48. The second-order valence-electron chi connectivity index (χ2n) is 8.27. The topological polar surface area (TPSA) is 58.6 Å². The van der Waals surface area contributed by atoms with Gasteiger partial charge in [-0.2, -0.15) is 0 Å². The third kappa shape index (κ3) is 3.40. The van der Waals surface area contributed by atoms with Gasteiger partial charge in [-0.05, 0) is 76.0 Å². The van der Waals surface area contributed by atoms with Crippen molar-refractivity contribution in [1.29, 1.82) is 0 Å². The van der Waals surface area contributed by atoms with E-state index < -0.39 is 0 Å². The quantitative estimate of drug-likeness (QED) is 0.700. The lowest BCUT2D eigenvalue weighted by Crippen LogP contribution is -2.62. The van der Waals surface area contributed by atoms with Gasteiger partial charge in [0.05, 0.1) is 0 Å². The molecule has 0 aliphatic carbocycles. The van der Waals surface area contributed by atoms with Crippen molar-refractivity contribution in [3.8, 4) is 22.6 Å². The Morgan fingerprint density at radius 3 is 2.34 bits per heavy atom. The molecule has 2 aromatic heterocycles. The van der Waals surface area contributed by atoms with Gasteiger partial charge in [-0.1, -0.05) is 18.2 Å². The normalized spacial score (nSPS) is 25.9. The second-order valence-corrected chi connectivity index (χ2v) is 8.27. The number of carbonyl (C=O) groups is 1. The molecule has 1 N–H and O–H groups in total. The van der Waals surface area contributed by atoms with E-state index in [9.17, 15) is 4.79 Å². The summed E-state index contributed by atoms with van der Waals surface area (Å²) in [6, 6.07) is 16.1. The van der Waals surface area contributed by atoms with Crippen LogP contribution in [0.25, 0.3) is 22.6 Å². The zero-order valence-electron chi connectivity index (χ0n) is 16.9. The number of amides is 1. The van der Waals surface area contributed by atoms with E-state index in [-0.39, 0.29) is 11.9 Å². The van der Waals surface area contributed by atoms with Crippen molar-refractivity contribution in [2.45, 2.75) is 38.8 Å². The monoisotopic (exact) mass is 390 g/mol. The van der Waals surface area contributed by atoms with Crippen LogP contribution in [0.2, 0.25) is 0 Å². The molecule has 150 valence electrons. The molecule has 2 bridgehead atoms. The molecule has 5 heterocycles. The van der Waals surface area contributed by atoms with E-state index in [1.807, 2.05) is 49.4 Å². The Balaban J connectivity index is 1.34. The van der Waals surface area contributed by atoms with Gasteiger partial charge < -0.3 is 14.2 Å². The van der Waals surface area contributed by atoms with Crippen LogP contribution in [0, 0.1) is 12.8 Å². The van der Waals surface area contributed by atoms with Crippen LogP contribution in [-0.2, 0) is 0 Å². The molecule has 3 saturated heterocycles. The summed E-state index contributed by atoms with van der Waals surface area (Å²) < 4.78 is 11.7. The summed E-state index contributed by atoms with van der Waals surface area (Å²) in [5.74, 6) is 3.20. The number of aryl methyl sites for hydroxylation is 1. The Morgan fingerprint density at radius 1 is 1.00 bits per heavy atom. The predicted octanol–water partition coefficient (Wildman–Crippen LogP) is 4.73. The van der Waals surface area contributed by atoms with E-state index in [1.165, 1.54) is 0 Å². The maximum Gasteiger partial charge on any atom is 0.287 e. The van der Waals surface area contributed by atoms with Crippen molar-refractivity contribution in [2.75, 3.05) is 13.1 Å². The number of furan rings is 2. The van der Waals surface area contributed by atoms with E-state index in [2.05, 4.69) is 17.1 Å². The van der Waals surface area contributed by atoms with Gasteiger partial charge in [-0.25, -0.2) is 0 Å². The van der Waals surface area contributed by atoms with Gasteiger partial charge in [0, 0.05) is 23.2 Å². The summed E-state index contributed by atoms with van der Waals surface area (Å²) in [5.41, 5.74) is 1.91. The Labute approximate surface area is 170 Å². The summed E-state index contributed by atoms with van der Waals surface area (Å²) in [4.78, 5) is 15.3. The summed E-state index contributed by atoms with van der Waals surface area (Å²) >= 11 is 0. The lowest BCUT2D eigenvalue weighted by atomic mass is 9.79. The highest BCUT2D eigenvalue weighted by Gasteiger charge is 2.40. The average molecular weight is 390 g/mol. The first-order valence-electron chi connectivity index (χ1n) is 10.4. The van der Waals surface area contributed by atoms with Crippen LogP contribution < -0.4 is 5.32 Å². The van der Waals surface area contributed by atoms with E-state index in [4.69, 9.17) is 8.83 Å². The number of hydrogen-bond donors (Lipinski definition) is 1. The molecule has 3 aliphatic heterocycles. The van der Waals surface area contributed by atoms with Crippen LogP contribution in [-0.4, -0.2) is 36.0 Å². The van der Waals surface area contributed by atoms with Gasteiger partial charge in [-0.3, -0.25) is 9.69 Å². The summed E-state index contributed by atoms with van der Waals surface area (Å²) in [6.45, 7) is 6.44. The first-order chi connectivity index (χ1) is 14.1. The molecule has 3 aromatic rings. The van der Waals surface area contributed by atoms with Gasteiger partial charge in [0.2, 0.25) is 0 Å². The molecule has 5 nitrogen and oxygen atoms in total. The highest BCUT2D eigenvalue weighted by atomic mass is 16.4. The van der Waals surface area contributed by atoms with Gasteiger partial charge in [0.25, 0.3) is 5.91 Å². The van der Waals surface area contributed by atoms with Crippen LogP contribution in [0.4, 0.5) is 0 Å². The molecule has 1 aromatic carbocycles. The number of hydrogen-bond acceptors (Lipinski definition) is 4. The number of benzene rings is 1. The zero-order chi connectivity index (χ0) is 20.0. The number of fused-ring (bicyclic) bond motifs is 3. The Bertz CT molecular complexity index is 1020. The number of nitrogens with one attached hydrogen (secondary N) is 1. The fourth-order valence-corrected chi connectivity index (χ4v) is 4.80. The molecular formula is C24H26N2O3. The van der Waals surface area contributed by atoms with Crippen molar-refractivity contribution >= 4 is 5.91 Å². The maximum atomic E-state index is 12.8. The molecule has 5 heteroatoms. The SMILES string of the molecule is Cc1ccc(-c2cccc(-c3ccc(C(=O)NC4C5CCN(CC5)C4C)o3)c2)o1. The minimum absolute atomic E-state index is 0.125. The summed E-state index contributed by atoms with van der Waals surface area (Å²) in [5, 5.41) is 3.23. The minimum atomic E-state index is -0.125. The van der Waals surface area contributed by atoms with Crippen molar-refractivity contribution < 1.29 is 13.6 Å². The van der Waals surface area contributed by atoms with E-state index in [1.54, 1.807) is 6.07 Å². The van der Waals surface area contributed by atoms with Gasteiger partial charge in [0.1, 0.15) is 17.3 Å². The number of carbonyl (C=O) groups excluding carboxylic acids is 1. The van der Waals surface area contributed by atoms with E-state index >= 15 is 0 Å². The number of rotatable bonds is 4. The Kier molecular flexibility index (Phi) is 4.55. The molecule has 2 atom stereocenters. The average Bonchev–Trinajstić information content (AvgIpc) is 3.41. The lowest BCUT2D eigenvalue weighted by Gasteiger charge is -2.49. The highest BCUT2D eigenvalue weighted by Crippen LogP contribution is 2.33. The maximum absolute atomic E-state index is 12.8. The third-order valence-electron chi connectivity index (χ3n) is 6.48. The van der Waals surface area contributed by atoms with Crippen LogP contribution in [0.15, 0.2) is 57.4 Å². The summed E-state index contributed by atoms with van der Waals surface area (Å²) in [6.07, 6.45) is 2.33. The fraction of sp³-hybridized carbons (Fsp3) is 0.375. The smallest absolute Gasteiger partial charge is 0.287 e. The standard InChI is InChI=1S/C24H26N2O3/c1-15-6-7-20(28-15)18-4-3-5-19(14-18)21-8-9-22(29-21)24(27)25-23-16(2)26-12-10-17(23)11-13-26/h3-9,14,16-17,23H,10-13H2,1-2H3,(H,25,27). The molecule has 0 radical (unpaired) electrons. The van der Waals surface area contributed by atoms with Crippen LogP contribution in [0.5, 0.6) is 0 Å². The molecule has 2 unspecified atom stereocenters. The summed E-state index contributed by atoms with van der Waals surface area (Å²) in [7, 11) is 0. The van der Waals surface area contributed by atoms with Crippen LogP contribution >= 0.6 is 0 Å². The molecule has 6 rings (SSSR count). The van der Waals surface area contributed by atoms with Crippen molar-refractivity contribution in [2.24, 2.45) is 5.92 Å². The van der Waals surface area contributed by atoms with Gasteiger partial charge in [-0.15, -0.1) is 0 Å². The van der Waals surface area contributed by atoms with Gasteiger partial charge >= 0.3 is 0 Å². The number of piperidine rings is 3. The molecule has 0 saturated carbocycles. The van der Waals surface area contributed by atoms with Gasteiger partial charge in [0.15, 0.2) is 5.76 Å². The molecule has 1 amide bonds. The van der Waals surface area contributed by atoms with E-state index in [0.29, 0.717) is 23.5 Å². The minimum Gasteiger partial charge on any atom is -0.461 e. The van der Waals surface area contributed by atoms with Crippen molar-refractivity contribution in [1.82, 2.24) is 10.2 Å². The lowest BCUT2D eigenvalue weighted by molar-refractivity contribution is 0.0211. The molecule has 0 spiro atoms. The Hall–Kier alpha value is -2.79. The largest absolute Gasteiger partial charge is 0.461 e. The first kappa shape index (κ1) is 18.3. The first-order valence-corrected chi connectivity index (χ1v) is 10.4. The zero-order valence-corrected chi connectivity index (χ0v) is 16.9. The molecule has 3 fully saturated rings. The molecular weight excluding hydrogens is 364 g/mol. The van der Waals surface area contributed by atoms with Crippen LogP contribution in [0.1, 0.15) is 36.1 Å². The van der Waals surface area contributed by atoms with Crippen LogP contribution in [0.3, 0.4) is 0 Å². The second kappa shape index (κ2) is 7.23. The number of nitrogens with zero attached hydrogens (tertiary/aromatic N) is 1. The fourth-order valence-electron chi connectivity index (χ4n) is 4.80. The highest BCUT2D eigenvalue weighted by molar-refractivity contribution is 5.92. The van der Waals surface area contributed by atoms with Crippen molar-refractivity contribution in [3.05, 3.63) is 60.1 Å². The van der Waals surface area contributed by atoms with Crippen molar-refractivity contribution in [3.63, 3.8) is 0 Å².